The monoisotopic (exact) mass is 280 g/mol. The van der Waals surface area contributed by atoms with Crippen LogP contribution in [0.25, 0.3) is 21.9 Å². The minimum Gasteiger partial charge on any atom is -0.327 e. The fraction of sp³-hybridized carbons (Fsp3) is 0.312. The summed E-state index contributed by atoms with van der Waals surface area (Å²) in [5.41, 5.74) is 3.17. The van der Waals surface area contributed by atoms with Crippen molar-refractivity contribution in [1.82, 2.24) is 14.5 Å². The summed E-state index contributed by atoms with van der Waals surface area (Å²) in [6, 6.07) is 7.74. The van der Waals surface area contributed by atoms with Gasteiger partial charge in [0.1, 0.15) is 11.7 Å². The van der Waals surface area contributed by atoms with Crippen molar-refractivity contribution in [2.24, 2.45) is 0 Å². The van der Waals surface area contributed by atoms with Crippen molar-refractivity contribution in [2.75, 3.05) is 0 Å². The van der Waals surface area contributed by atoms with E-state index in [9.17, 15) is 4.39 Å². The van der Waals surface area contributed by atoms with Crippen LogP contribution in [0.15, 0.2) is 30.7 Å². The van der Waals surface area contributed by atoms with Crippen LogP contribution in [0.2, 0.25) is 0 Å². The van der Waals surface area contributed by atoms with Crippen molar-refractivity contribution in [3.63, 3.8) is 0 Å². The molecule has 2 heterocycles. The number of imidazole rings is 1. The third-order valence-corrected chi connectivity index (χ3v) is 4.26. The first-order valence-electron chi connectivity index (χ1n) is 7.06. The van der Waals surface area contributed by atoms with Gasteiger partial charge in [-0.1, -0.05) is 0 Å². The number of benzene rings is 1. The summed E-state index contributed by atoms with van der Waals surface area (Å²) in [5, 5.41) is 10.0. The number of rotatable bonds is 1. The van der Waals surface area contributed by atoms with E-state index in [1.165, 1.54) is 0 Å². The molecule has 104 valence electrons. The molecule has 0 unspecified atom stereocenters. The zero-order valence-electron chi connectivity index (χ0n) is 11.3. The second-order valence-corrected chi connectivity index (χ2v) is 5.55. The first kappa shape index (κ1) is 12.3. The van der Waals surface area contributed by atoms with Crippen molar-refractivity contribution in [1.29, 1.82) is 5.26 Å². The Labute approximate surface area is 120 Å². The van der Waals surface area contributed by atoms with Crippen LogP contribution in [-0.2, 0) is 0 Å². The second kappa shape index (κ2) is 4.52. The van der Waals surface area contributed by atoms with E-state index < -0.39 is 6.17 Å². The Hall–Kier alpha value is -2.48. The molecule has 0 radical (unpaired) electrons. The summed E-state index contributed by atoms with van der Waals surface area (Å²) in [5.74, 6) is 0. The molecule has 4 rings (SSSR count). The molecule has 3 aromatic rings. The Kier molecular flexibility index (Phi) is 2.64. The number of alkyl halides is 1. The van der Waals surface area contributed by atoms with Gasteiger partial charge in [0.25, 0.3) is 0 Å². The highest BCUT2D eigenvalue weighted by atomic mass is 19.1. The van der Waals surface area contributed by atoms with E-state index in [0.717, 1.165) is 28.4 Å². The lowest BCUT2D eigenvalue weighted by Crippen LogP contribution is -2.04. The number of halogens is 1. The molecule has 1 fully saturated rings. The number of nitriles is 1. The van der Waals surface area contributed by atoms with Crippen LogP contribution in [0.4, 0.5) is 4.39 Å². The van der Waals surface area contributed by atoms with Gasteiger partial charge in [0.2, 0.25) is 0 Å². The molecule has 0 spiro atoms. The van der Waals surface area contributed by atoms with Gasteiger partial charge in [-0.2, -0.15) is 5.26 Å². The van der Waals surface area contributed by atoms with Crippen molar-refractivity contribution in [3.8, 4) is 6.07 Å². The average Bonchev–Trinajstić information content (AvgIpc) is 3.12. The van der Waals surface area contributed by atoms with Crippen LogP contribution in [-0.4, -0.2) is 20.7 Å². The van der Waals surface area contributed by atoms with Crippen molar-refractivity contribution < 1.29 is 4.39 Å². The number of hydrogen-bond acceptors (Lipinski definition) is 3. The predicted octanol–water partition coefficient (Wildman–Crippen LogP) is 3.52. The molecule has 1 saturated carbocycles. The fourth-order valence-corrected chi connectivity index (χ4v) is 3.22. The van der Waals surface area contributed by atoms with Crippen LogP contribution in [0.3, 0.4) is 0 Å². The summed E-state index contributed by atoms with van der Waals surface area (Å²) >= 11 is 0. The lowest BCUT2D eigenvalue weighted by molar-refractivity contribution is 0.331. The average molecular weight is 280 g/mol. The molecule has 0 saturated heterocycles. The highest BCUT2D eigenvalue weighted by Gasteiger charge is 2.27. The third-order valence-electron chi connectivity index (χ3n) is 4.26. The van der Waals surface area contributed by atoms with E-state index in [4.69, 9.17) is 5.26 Å². The summed E-state index contributed by atoms with van der Waals surface area (Å²) in [6.07, 6.45) is 4.75. The molecular weight excluding hydrogens is 267 g/mol. The maximum atomic E-state index is 13.5. The zero-order valence-corrected chi connectivity index (χ0v) is 11.3. The van der Waals surface area contributed by atoms with Gasteiger partial charge in [-0.05, 0) is 37.5 Å². The van der Waals surface area contributed by atoms with Gasteiger partial charge in [-0.25, -0.2) is 9.37 Å². The lowest BCUT2D eigenvalue weighted by Gasteiger charge is -2.13. The van der Waals surface area contributed by atoms with Crippen LogP contribution in [0, 0.1) is 11.3 Å². The Bertz CT molecular complexity index is 877. The fourth-order valence-electron chi connectivity index (χ4n) is 3.22. The van der Waals surface area contributed by atoms with Crippen molar-refractivity contribution in [3.05, 3.63) is 36.3 Å². The lowest BCUT2D eigenvalue weighted by atomic mass is 10.1. The zero-order chi connectivity index (χ0) is 14.4. The summed E-state index contributed by atoms with van der Waals surface area (Å²) in [7, 11) is 0. The molecule has 0 N–H and O–H groups in total. The van der Waals surface area contributed by atoms with E-state index in [2.05, 4.69) is 20.6 Å². The number of pyridine rings is 1. The third kappa shape index (κ3) is 1.87. The van der Waals surface area contributed by atoms with E-state index in [0.29, 0.717) is 18.4 Å². The molecular formula is C16H13FN4. The standard InChI is InChI=1S/C16H13FN4/c17-11-2-3-12(6-11)21-9-20-15-8-19-14-4-1-10(7-18)5-13(14)16(15)21/h1,4-5,8-9,11-12H,2-3,6H2/t11-,12-/m1/s1. The van der Waals surface area contributed by atoms with Gasteiger partial charge < -0.3 is 4.57 Å². The molecule has 1 aliphatic carbocycles. The first-order chi connectivity index (χ1) is 10.3. The quantitative estimate of drug-likeness (QED) is 0.685. The van der Waals surface area contributed by atoms with Crippen molar-refractivity contribution in [2.45, 2.75) is 31.5 Å². The number of fused-ring (bicyclic) bond motifs is 3. The molecule has 1 aliphatic rings. The Morgan fingerprint density at radius 1 is 1.24 bits per heavy atom. The maximum absolute atomic E-state index is 13.5. The second-order valence-electron chi connectivity index (χ2n) is 5.55. The molecule has 1 aromatic carbocycles. The van der Waals surface area contributed by atoms with E-state index >= 15 is 0 Å². The smallest absolute Gasteiger partial charge is 0.107 e. The Balaban J connectivity index is 2.00. The van der Waals surface area contributed by atoms with Gasteiger partial charge in [0, 0.05) is 11.4 Å². The summed E-state index contributed by atoms with van der Waals surface area (Å²) in [4.78, 5) is 8.77. The molecule has 0 bridgehead atoms. The van der Waals surface area contributed by atoms with E-state index in [1.807, 2.05) is 12.1 Å². The largest absolute Gasteiger partial charge is 0.327 e. The molecule has 2 atom stereocenters. The molecule has 0 amide bonds. The van der Waals surface area contributed by atoms with Crippen LogP contribution in [0.5, 0.6) is 0 Å². The van der Waals surface area contributed by atoms with Gasteiger partial charge in [0.05, 0.1) is 35.2 Å². The van der Waals surface area contributed by atoms with Crippen LogP contribution < -0.4 is 0 Å². The van der Waals surface area contributed by atoms with Crippen LogP contribution >= 0.6 is 0 Å². The molecule has 5 heteroatoms. The number of nitrogens with zero attached hydrogens (tertiary/aromatic N) is 4. The molecule has 4 nitrogen and oxygen atoms in total. The summed E-state index contributed by atoms with van der Waals surface area (Å²) in [6.45, 7) is 0. The molecule has 2 aromatic heterocycles. The van der Waals surface area contributed by atoms with E-state index in [1.54, 1.807) is 18.6 Å². The minimum absolute atomic E-state index is 0.140. The maximum Gasteiger partial charge on any atom is 0.107 e. The Morgan fingerprint density at radius 2 is 2.14 bits per heavy atom. The van der Waals surface area contributed by atoms with Crippen molar-refractivity contribution >= 4 is 21.9 Å². The van der Waals surface area contributed by atoms with Crippen LogP contribution in [0.1, 0.15) is 30.9 Å². The first-order valence-corrected chi connectivity index (χ1v) is 7.06. The van der Waals surface area contributed by atoms with Gasteiger partial charge in [-0.3, -0.25) is 4.98 Å². The molecule has 21 heavy (non-hydrogen) atoms. The predicted molar refractivity (Wildman–Crippen MR) is 77.5 cm³/mol. The topological polar surface area (TPSA) is 54.5 Å². The highest BCUT2D eigenvalue weighted by molar-refractivity contribution is 6.02. The Morgan fingerprint density at radius 3 is 2.90 bits per heavy atom. The normalized spacial score (nSPS) is 21.9. The number of hydrogen-bond donors (Lipinski definition) is 0. The minimum atomic E-state index is -0.727. The van der Waals surface area contributed by atoms with E-state index in [-0.39, 0.29) is 6.04 Å². The van der Waals surface area contributed by atoms with Gasteiger partial charge in [-0.15, -0.1) is 0 Å². The molecule has 0 aliphatic heterocycles. The highest BCUT2D eigenvalue weighted by Crippen LogP contribution is 2.35. The summed E-state index contributed by atoms with van der Waals surface area (Å²) < 4.78 is 15.6. The van der Waals surface area contributed by atoms with Gasteiger partial charge in [0.15, 0.2) is 0 Å². The number of aromatic nitrogens is 3. The SMILES string of the molecule is N#Cc1ccc2ncc3ncn([C@@H]4CC[C@@H](F)C4)c3c2c1. The van der Waals surface area contributed by atoms with Gasteiger partial charge >= 0.3 is 0 Å².